The Balaban J connectivity index is 1.36. The molecule has 0 aliphatic carbocycles. The van der Waals surface area contributed by atoms with E-state index in [4.69, 9.17) is 0 Å². The van der Waals surface area contributed by atoms with Crippen molar-refractivity contribution in [1.82, 2.24) is 10.2 Å². The molecular formula is C20H20FN3O2. The Morgan fingerprint density at radius 1 is 1.04 bits per heavy atom. The lowest BCUT2D eigenvalue weighted by Gasteiger charge is -2.36. The summed E-state index contributed by atoms with van der Waals surface area (Å²) in [4.78, 5) is 28.6. The monoisotopic (exact) mass is 353 g/mol. The summed E-state index contributed by atoms with van der Waals surface area (Å²) in [7, 11) is 0. The molecule has 1 fully saturated rings. The van der Waals surface area contributed by atoms with E-state index in [2.05, 4.69) is 10.2 Å². The normalized spacial score (nSPS) is 19.3. The van der Waals surface area contributed by atoms with E-state index in [1.807, 2.05) is 23.1 Å². The Kier molecular flexibility index (Phi) is 4.32. The largest absolute Gasteiger partial charge is 0.368 e. The van der Waals surface area contributed by atoms with E-state index in [-0.39, 0.29) is 30.1 Å². The third kappa shape index (κ3) is 3.14. The van der Waals surface area contributed by atoms with Crippen molar-refractivity contribution < 1.29 is 14.0 Å². The standard InChI is InChI=1S/C20H20FN3O2/c21-14-5-7-15(8-6-14)23-9-11-24(12-10-23)19(25)13-18-16-3-1-2-4-17(16)20(26)22-18/h1-8,18H,9-13H2,(H,22,26). The molecule has 2 aliphatic heterocycles. The highest BCUT2D eigenvalue weighted by atomic mass is 19.1. The molecule has 1 saturated heterocycles. The van der Waals surface area contributed by atoms with Crippen LogP contribution in [0.3, 0.4) is 0 Å². The van der Waals surface area contributed by atoms with Crippen LogP contribution in [0.5, 0.6) is 0 Å². The zero-order valence-electron chi connectivity index (χ0n) is 14.3. The van der Waals surface area contributed by atoms with Crippen LogP contribution in [0.25, 0.3) is 0 Å². The van der Waals surface area contributed by atoms with E-state index >= 15 is 0 Å². The fraction of sp³-hybridized carbons (Fsp3) is 0.300. The van der Waals surface area contributed by atoms with E-state index in [1.165, 1.54) is 12.1 Å². The summed E-state index contributed by atoms with van der Waals surface area (Å²) in [6.45, 7) is 2.67. The molecule has 0 bridgehead atoms. The molecule has 2 aromatic rings. The Labute approximate surface area is 151 Å². The van der Waals surface area contributed by atoms with Gasteiger partial charge in [-0.15, -0.1) is 0 Å². The lowest BCUT2D eigenvalue weighted by atomic mass is 10.0. The number of rotatable bonds is 3. The lowest BCUT2D eigenvalue weighted by Crippen LogP contribution is -2.49. The van der Waals surface area contributed by atoms with Crippen LogP contribution in [0, 0.1) is 5.82 Å². The van der Waals surface area contributed by atoms with Gasteiger partial charge in [0.25, 0.3) is 5.91 Å². The number of benzene rings is 2. The molecule has 2 heterocycles. The van der Waals surface area contributed by atoms with Crippen LogP contribution < -0.4 is 10.2 Å². The van der Waals surface area contributed by atoms with Crippen LogP contribution in [-0.4, -0.2) is 42.9 Å². The zero-order chi connectivity index (χ0) is 18.1. The maximum Gasteiger partial charge on any atom is 0.252 e. The number of nitrogens with zero attached hydrogens (tertiary/aromatic N) is 2. The van der Waals surface area contributed by atoms with Gasteiger partial charge in [0, 0.05) is 37.4 Å². The van der Waals surface area contributed by atoms with Crippen LogP contribution in [-0.2, 0) is 4.79 Å². The van der Waals surface area contributed by atoms with Crippen LogP contribution in [0.2, 0.25) is 0 Å². The highest BCUT2D eigenvalue weighted by Gasteiger charge is 2.31. The van der Waals surface area contributed by atoms with E-state index < -0.39 is 0 Å². The van der Waals surface area contributed by atoms with Crippen molar-refractivity contribution in [1.29, 1.82) is 0 Å². The first kappa shape index (κ1) is 16.6. The average molecular weight is 353 g/mol. The van der Waals surface area contributed by atoms with Crippen molar-refractivity contribution in [2.75, 3.05) is 31.1 Å². The molecule has 6 heteroatoms. The lowest BCUT2D eigenvalue weighted by molar-refractivity contribution is -0.132. The predicted molar refractivity (Wildman–Crippen MR) is 96.5 cm³/mol. The third-order valence-electron chi connectivity index (χ3n) is 5.09. The highest BCUT2D eigenvalue weighted by Crippen LogP contribution is 2.28. The maximum absolute atomic E-state index is 13.0. The van der Waals surface area contributed by atoms with Gasteiger partial charge in [-0.3, -0.25) is 9.59 Å². The summed E-state index contributed by atoms with van der Waals surface area (Å²) in [5.74, 6) is -0.313. The van der Waals surface area contributed by atoms with E-state index in [1.54, 1.807) is 18.2 Å². The number of piperazine rings is 1. The number of fused-ring (bicyclic) bond motifs is 1. The average Bonchev–Trinajstić information content (AvgIpc) is 2.98. The number of amides is 2. The zero-order valence-corrected chi connectivity index (χ0v) is 14.3. The van der Waals surface area contributed by atoms with Gasteiger partial charge in [-0.25, -0.2) is 4.39 Å². The van der Waals surface area contributed by atoms with Gasteiger partial charge in [-0.2, -0.15) is 0 Å². The number of anilines is 1. The topological polar surface area (TPSA) is 52.7 Å². The number of hydrogen-bond donors (Lipinski definition) is 1. The predicted octanol–water partition coefficient (Wildman–Crippen LogP) is 2.35. The molecule has 26 heavy (non-hydrogen) atoms. The number of carbonyl (C=O) groups is 2. The Hall–Kier alpha value is -2.89. The summed E-state index contributed by atoms with van der Waals surface area (Å²) >= 11 is 0. The molecule has 0 spiro atoms. The van der Waals surface area contributed by atoms with Crippen molar-refractivity contribution in [3.05, 3.63) is 65.5 Å². The van der Waals surface area contributed by atoms with Gasteiger partial charge >= 0.3 is 0 Å². The molecule has 0 radical (unpaired) electrons. The molecule has 1 atom stereocenters. The highest BCUT2D eigenvalue weighted by molar-refractivity contribution is 5.99. The first-order chi connectivity index (χ1) is 12.6. The molecule has 1 N–H and O–H groups in total. The smallest absolute Gasteiger partial charge is 0.252 e. The minimum Gasteiger partial charge on any atom is -0.368 e. The second kappa shape index (κ2) is 6.78. The van der Waals surface area contributed by atoms with Gasteiger partial charge in [-0.1, -0.05) is 18.2 Å². The number of carbonyl (C=O) groups excluding carboxylic acids is 2. The van der Waals surface area contributed by atoms with Crippen molar-refractivity contribution in [2.45, 2.75) is 12.5 Å². The SMILES string of the molecule is O=C1NC(CC(=O)N2CCN(c3ccc(F)cc3)CC2)c2ccccc21. The first-order valence-corrected chi connectivity index (χ1v) is 8.80. The maximum atomic E-state index is 13.0. The number of nitrogens with one attached hydrogen (secondary N) is 1. The van der Waals surface area contributed by atoms with Gasteiger partial charge in [0.2, 0.25) is 5.91 Å². The molecule has 2 aromatic carbocycles. The van der Waals surface area contributed by atoms with Gasteiger partial charge in [-0.05, 0) is 35.9 Å². The second-order valence-electron chi connectivity index (χ2n) is 6.66. The molecule has 2 aliphatic rings. The van der Waals surface area contributed by atoms with Crippen molar-refractivity contribution in [2.24, 2.45) is 0 Å². The summed E-state index contributed by atoms with van der Waals surface area (Å²) in [5, 5.41) is 2.90. The third-order valence-corrected chi connectivity index (χ3v) is 5.09. The molecule has 5 nitrogen and oxygen atoms in total. The molecule has 2 amide bonds. The van der Waals surface area contributed by atoms with E-state index in [0.717, 1.165) is 11.3 Å². The van der Waals surface area contributed by atoms with Crippen LogP contribution in [0.1, 0.15) is 28.4 Å². The minimum atomic E-state index is -0.249. The van der Waals surface area contributed by atoms with Crippen LogP contribution >= 0.6 is 0 Å². The van der Waals surface area contributed by atoms with E-state index in [9.17, 15) is 14.0 Å². The van der Waals surface area contributed by atoms with Crippen LogP contribution in [0.4, 0.5) is 10.1 Å². The van der Waals surface area contributed by atoms with Gasteiger partial charge in [0.15, 0.2) is 0 Å². The van der Waals surface area contributed by atoms with Crippen molar-refractivity contribution in [3.63, 3.8) is 0 Å². The second-order valence-corrected chi connectivity index (χ2v) is 6.66. The van der Waals surface area contributed by atoms with Gasteiger partial charge < -0.3 is 15.1 Å². The molecule has 134 valence electrons. The Bertz CT molecular complexity index is 829. The van der Waals surface area contributed by atoms with Gasteiger partial charge in [0.05, 0.1) is 12.5 Å². The minimum absolute atomic E-state index is 0.0470. The Morgan fingerprint density at radius 2 is 1.73 bits per heavy atom. The molecular weight excluding hydrogens is 333 g/mol. The number of hydrogen-bond acceptors (Lipinski definition) is 3. The summed E-state index contributed by atoms with van der Waals surface area (Å²) in [6.07, 6.45) is 0.277. The van der Waals surface area contributed by atoms with Gasteiger partial charge in [0.1, 0.15) is 5.82 Å². The van der Waals surface area contributed by atoms with E-state index in [0.29, 0.717) is 31.7 Å². The number of halogens is 1. The fourth-order valence-corrected chi connectivity index (χ4v) is 3.65. The molecule has 0 saturated carbocycles. The fourth-order valence-electron chi connectivity index (χ4n) is 3.65. The first-order valence-electron chi connectivity index (χ1n) is 8.80. The van der Waals surface area contributed by atoms with Crippen LogP contribution in [0.15, 0.2) is 48.5 Å². The summed E-state index contributed by atoms with van der Waals surface area (Å²) < 4.78 is 13.0. The van der Waals surface area contributed by atoms with Crippen molar-refractivity contribution >= 4 is 17.5 Å². The quantitative estimate of drug-likeness (QED) is 0.922. The Morgan fingerprint density at radius 3 is 2.46 bits per heavy atom. The molecule has 1 unspecified atom stereocenters. The molecule has 4 rings (SSSR count). The summed E-state index contributed by atoms with van der Waals surface area (Å²) in [6, 6.07) is 13.6. The van der Waals surface area contributed by atoms with Crippen molar-refractivity contribution in [3.8, 4) is 0 Å². The summed E-state index contributed by atoms with van der Waals surface area (Å²) in [5.41, 5.74) is 2.53. The molecule has 0 aromatic heterocycles.